The lowest BCUT2D eigenvalue weighted by Crippen LogP contribution is -2.35. The van der Waals surface area contributed by atoms with Crippen molar-refractivity contribution in [3.05, 3.63) is 34.4 Å². The monoisotopic (exact) mass is 289 g/mol. The van der Waals surface area contributed by atoms with E-state index in [0.717, 1.165) is 12.1 Å². The first-order valence-electron chi connectivity index (χ1n) is 8.45. The summed E-state index contributed by atoms with van der Waals surface area (Å²) < 4.78 is 0. The highest BCUT2D eigenvalue weighted by atomic mass is 16.3. The standard InChI is InChI=1S/C19H31NO/c1-14-11-15(2)19(16(3)12-14)18(21)13-20(4)17-9-7-5-6-8-10-17/h11-12,17-18,21H,5-10,13H2,1-4H3. The van der Waals surface area contributed by atoms with Gasteiger partial charge in [0.25, 0.3) is 0 Å². The van der Waals surface area contributed by atoms with Crippen LogP contribution >= 0.6 is 0 Å². The molecule has 0 heterocycles. The minimum Gasteiger partial charge on any atom is -0.387 e. The van der Waals surface area contributed by atoms with Gasteiger partial charge in [0, 0.05) is 12.6 Å². The van der Waals surface area contributed by atoms with Gasteiger partial charge in [0.2, 0.25) is 0 Å². The predicted molar refractivity (Wildman–Crippen MR) is 89.7 cm³/mol. The molecule has 1 aromatic carbocycles. The van der Waals surface area contributed by atoms with Crippen molar-refractivity contribution in [1.82, 2.24) is 4.90 Å². The molecule has 0 aromatic heterocycles. The second kappa shape index (κ2) is 7.42. The number of aryl methyl sites for hydroxylation is 3. The summed E-state index contributed by atoms with van der Waals surface area (Å²) in [6.07, 6.45) is 7.64. The fraction of sp³-hybridized carbons (Fsp3) is 0.684. The van der Waals surface area contributed by atoms with Crippen LogP contribution in [0.5, 0.6) is 0 Å². The van der Waals surface area contributed by atoms with E-state index in [1.807, 2.05) is 0 Å². The van der Waals surface area contributed by atoms with Crippen molar-refractivity contribution in [2.75, 3.05) is 13.6 Å². The summed E-state index contributed by atoms with van der Waals surface area (Å²) in [5.41, 5.74) is 4.84. The predicted octanol–water partition coefficient (Wildman–Crippen LogP) is 4.30. The van der Waals surface area contributed by atoms with Gasteiger partial charge < -0.3 is 10.0 Å². The smallest absolute Gasteiger partial charge is 0.0922 e. The third kappa shape index (κ3) is 4.31. The Labute approximate surface area is 130 Å². The molecule has 1 atom stereocenters. The van der Waals surface area contributed by atoms with Gasteiger partial charge >= 0.3 is 0 Å². The summed E-state index contributed by atoms with van der Waals surface area (Å²) in [5, 5.41) is 10.7. The maximum Gasteiger partial charge on any atom is 0.0922 e. The highest BCUT2D eigenvalue weighted by Crippen LogP contribution is 2.27. The maximum atomic E-state index is 10.7. The summed E-state index contributed by atoms with van der Waals surface area (Å²) >= 11 is 0. The molecule has 118 valence electrons. The van der Waals surface area contributed by atoms with Crippen LogP contribution in [0.4, 0.5) is 0 Å². The van der Waals surface area contributed by atoms with Gasteiger partial charge in [-0.15, -0.1) is 0 Å². The molecule has 1 unspecified atom stereocenters. The van der Waals surface area contributed by atoms with Crippen LogP contribution in [0.15, 0.2) is 12.1 Å². The lowest BCUT2D eigenvalue weighted by atomic mass is 9.95. The third-order valence-electron chi connectivity index (χ3n) is 4.98. The molecule has 0 spiro atoms. The van der Waals surface area contributed by atoms with Crippen molar-refractivity contribution in [3.63, 3.8) is 0 Å². The molecule has 2 nitrogen and oxygen atoms in total. The van der Waals surface area contributed by atoms with E-state index in [4.69, 9.17) is 0 Å². The lowest BCUT2D eigenvalue weighted by Gasteiger charge is -2.30. The van der Waals surface area contributed by atoms with E-state index >= 15 is 0 Å². The molecule has 0 bridgehead atoms. The van der Waals surface area contributed by atoms with Crippen LogP contribution < -0.4 is 0 Å². The molecule has 1 aliphatic rings. The third-order valence-corrected chi connectivity index (χ3v) is 4.98. The van der Waals surface area contributed by atoms with Crippen LogP contribution in [0.25, 0.3) is 0 Å². The lowest BCUT2D eigenvalue weighted by molar-refractivity contribution is 0.0982. The van der Waals surface area contributed by atoms with Crippen molar-refractivity contribution in [1.29, 1.82) is 0 Å². The summed E-state index contributed by atoms with van der Waals surface area (Å²) in [6, 6.07) is 5.00. The van der Waals surface area contributed by atoms with Crippen molar-refractivity contribution < 1.29 is 5.11 Å². The number of rotatable bonds is 4. The van der Waals surface area contributed by atoms with Crippen LogP contribution in [0, 0.1) is 20.8 Å². The van der Waals surface area contributed by atoms with Crippen molar-refractivity contribution in [2.24, 2.45) is 0 Å². The molecule has 2 rings (SSSR count). The van der Waals surface area contributed by atoms with Crippen LogP contribution in [-0.2, 0) is 0 Å². The Bertz CT molecular complexity index is 438. The molecule has 0 aliphatic heterocycles. The van der Waals surface area contributed by atoms with Gasteiger partial charge in [-0.3, -0.25) is 0 Å². The molecule has 1 aliphatic carbocycles. The number of likely N-dealkylation sites (N-methyl/N-ethyl adjacent to an activating group) is 1. The fourth-order valence-corrected chi connectivity index (χ4v) is 3.93. The van der Waals surface area contributed by atoms with Crippen molar-refractivity contribution >= 4 is 0 Å². The molecule has 1 N–H and O–H groups in total. The quantitative estimate of drug-likeness (QED) is 0.835. The Morgan fingerprint density at radius 1 is 1.05 bits per heavy atom. The molecular formula is C19H31NO. The first kappa shape index (κ1) is 16.5. The second-order valence-corrected chi connectivity index (χ2v) is 6.91. The van der Waals surface area contributed by atoms with E-state index in [1.54, 1.807) is 0 Å². The molecule has 2 heteroatoms. The SMILES string of the molecule is Cc1cc(C)c(C(O)CN(C)C2CCCCCC2)c(C)c1. The summed E-state index contributed by atoms with van der Waals surface area (Å²) in [6.45, 7) is 7.09. The second-order valence-electron chi connectivity index (χ2n) is 6.91. The Morgan fingerprint density at radius 2 is 1.57 bits per heavy atom. The van der Waals surface area contributed by atoms with Gasteiger partial charge in [0.15, 0.2) is 0 Å². The van der Waals surface area contributed by atoms with E-state index in [2.05, 4.69) is 44.9 Å². The van der Waals surface area contributed by atoms with Crippen LogP contribution in [0.3, 0.4) is 0 Å². The molecule has 1 fully saturated rings. The normalized spacial score (nSPS) is 18.8. The molecule has 1 aromatic rings. The topological polar surface area (TPSA) is 23.5 Å². The Hall–Kier alpha value is -0.860. The first-order chi connectivity index (χ1) is 9.99. The van der Waals surface area contributed by atoms with Crippen LogP contribution in [0.1, 0.15) is 66.9 Å². The van der Waals surface area contributed by atoms with E-state index in [0.29, 0.717) is 6.04 Å². The summed E-state index contributed by atoms with van der Waals surface area (Å²) in [5.74, 6) is 0. The number of aliphatic hydroxyl groups excluding tert-OH is 1. The van der Waals surface area contributed by atoms with Gasteiger partial charge in [-0.2, -0.15) is 0 Å². The van der Waals surface area contributed by atoms with Crippen LogP contribution in [-0.4, -0.2) is 29.6 Å². The molecule has 0 amide bonds. The zero-order chi connectivity index (χ0) is 15.4. The number of aliphatic hydroxyl groups is 1. The molecular weight excluding hydrogens is 258 g/mol. The first-order valence-corrected chi connectivity index (χ1v) is 8.45. The Morgan fingerprint density at radius 3 is 2.10 bits per heavy atom. The van der Waals surface area contributed by atoms with Gasteiger partial charge in [0.05, 0.1) is 6.10 Å². The van der Waals surface area contributed by atoms with Gasteiger partial charge in [-0.05, 0) is 57.4 Å². The van der Waals surface area contributed by atoms with Crippen molar-refractivity contribution in [3.8, 4) is 0 Å². The maximum absolute atomic E-state index is 10.7. The Kier molecular flexibility index (Phi) is 5.83. The number of benzene rings is 1. The van der Waals surface area contributed by atoms with E-state index in [1.165, 1.54) is 55.2 Å². The fourth-order valence-electron chi connectivity index (χ4n) is 3.93. The molecule has 0 radical (unpaired) electrons. The zero-order valence-corrected chi connectivity index (χ0v) is 14.2. The Balaban J connectivity index is 2.05. The van der Waals surface area contributed by atoms with Gasteiger partial charge in [0.1, 0.15) is 0 Å². The average Bonchev–Trinajstić information content (AvgIpc) is 2.65. The van der Waals surface area contributed by atoms with E-state index < -0.39 is 0 Å². The van der Waals surface area contributed by atoms with Crippen molar-refractivity contribution in [2.45, 2.75) is 71.4 Å². The highest BCUT2D eigenvalue weighted by Gasteiger charge is 2.21. The van der Waals surface area contributed by atoms with Crippen LogP contribution in [0.2, 0.25) is 0 Å². The number of hydrogen-bond donors (Lipinski definition) is 1. The number of nitrogens with zero attached hydrogens (tertiary/aromatic N) is 1. The molecule has 21 heavy (non-hydrogen) atoms. The number of hydrogen-bond acceptors (Lipinski definition) is 2. The zero-order valence-electron chi connectivity index (χ0n) is 14.2. The minimum atomic E-state index is -0.376. The largest absolute Gasteiger partial charge is 0.387 e. The molecule has 1 saturated carbocycles. The van der Waals surface area contributed by atoms with E-state index in [-0.39, 0.29) is 6.10 Å². The van der Waals surface area contributed by atoms with Gasteiger partial charge in [-0.1, -0.05) is 43.4 Å². The van der Waals surface area contributed by atoms with Gasteiger partial charge in [-0.25, -0.2) is 0 Å². The average molecular weight is 289 g/mol. The van der Waals surface area contributed by atoms with E-state index in [9.17, 15) is 5.11 Å². The highest BCUT2D eigenvalue weighted by molar-refractivity contribution is 5.39. The summed E-state index contributed by atoms with van der Waals surface area (Å²) in [4.78, 5) is 2.38. The minimum absolute atomic E-state index is 0.376. The molecule has 0 saturated heterocycles. The summed E-state index contributed by atoms with van der Waals surface area (Å²) in [7, 11) is 2.18.